The molecule has 1 fully saturated rings. The van der Waals surface area contributed by atoms with E-state index in [0.29, 0.717) is 18.4 Å². The Morgan fingerprint density at radius 1 is 1.06 bits per heavy atom. The van der Waals surface area contributed by atoms with Crippen LogP contribution < -0.4 is 5.32 Å². The highest BCUT2D eigenvalue weighted by Crippen LogP contribution is 2.48. The SMILES string of the molecule is CC(C)(C)C1CCNCC(C)(O)C1C(C)(C)C. The Balaban J connectivity index is 3.16. The second kappa shape index (κ2) is 4.55. The van der Waals surface area contributed by atoms with Crippen molar-refractivity contribution in [3.05, 3.63) is 0 Å². The molecule has 0 saturated carbocycles. The third-order valence-electron chi connectivity index (χ3n) is 4.23. The van der Waals surface area contributed by atoms with Crippen molar-refractivity contribution < 1.29 is 5.11 Å². The molecule has 0 spiro atoms. The highest BCUT2D eigenvalue weighted by Gasteiger charge is 2.48. The fraction of sp³-hybridized carbons (Fsp3) is 1.00. The lowest BCUT2D eigenvalue weighted by Gasteiger charge is -2.49. The first-order chi connectivity index (χ1) is 7.46. The van der Waals surface area contributed by atoms with Crippen LogP contribution >= 0.6 is 0 Å². The lowest BCUT2D eigenvalue weighted by molar-refractivity contribution is -0.0894. The van der Waals surface area contributed by atoms with Crippen LogP contribution in [0.4, 0.5) is 0 Å². The van der Waals surface area contributed by atoms with Crippen LogP contribution in [0.3, 0.4) is 0 Å². The number of nitrogens with one attached hydrogen (secondary N) is 1. The number of hydrogen-bond donors (Lipinski definition) is 2. The van der Waals surface area contributed by atoms with Crippen molar-refractivity contribution >= 4 is 0 Å². The lowest BCUT2D eigenvalue weighted by atomic mass is 9.58. The molecule has 1 aliphatic rings. The molecule has 0 bridgehead atoms. The summed E-state index contributed by atoms with van der Waals surface area (Å²) in [6.07, 6.45) is 1.15. The monoisotopic (exact) mass is 241 g/mol. The molecule has 1 aliphatic heterocycles. The summed E-state index contributed by atoms with van der Waals surface area (Å²) in [4.78, 5) is 0. The molecule has 0 aromatic rings. The molecule has 1 rings (SSSR count). The van der Waals surface area contributed by atoms with E-state index in [1.54, 1.807) is 0 Å². The summed E-state index contributed by atoms with van der Waals surface area (Å²) >= 11 is 0. The third-order valence-corrected chi connectivity index (χ3v) is 4.23. The van der Waals surface area contributed by atoms with Gasteiger partial charge in [-0.25, -0.2) is 0 Å². The van der Waals surface area contributed by atoms with E-state index in [-0.39, 0.29) is 10.8 Å². The van der Waals surface area contributed by atoms with Gasteiger partial charge in [0.2, 0.25) is 0 Å². The van der Waals surface area contributed by atoms with Gasteiger partial charge in [-0.3, -0.25) is 0 Å². The van der Waals surface area contributed by atoms with Crippen molar-refractivity contribution in [1.29, 1.82) is 0 Å². The van der Waals surface area contributed by atoms with Gasteiger partial charge in [0.1, 0.15) is 0 Å². The van der Waals surface area contributed by atoms with E-state index in [2.05, 4.69) is 46.9 Å². The average Bonchev–Trinajstić information content (AvgIpc) is 2.20. The highest BCUT2D eigenvalue weighted by atomic mass is 16.3. The molecule has 0 amide bonds. The molecule has 2 heteroatoms. The first-order valence-corrected chi connectivity index (χ1v) is 6.89. The van der Waals surface area contributed by atoms with Gasteiger partial charge in [0.05, 0.1) is 5.60 Å². The van der Waals surface area contributed by atoms with Crippen molar-refractivity contribution in [2.75, 3.05) is 13.1 Å². The fourth-order valence-electron chi connectivity index (χ4n) is 3.78. The van der Waals surface area contributed by atoms with Crippen molar-refractivity contribution in [1.82, 2.24) is 5.32 Å². The van der Waals surface area contributed by atoms with Gasteiger partial charge in [0.25, 0.3) is 0 Å². The van der Waals surface area contributed by atoms with E-state index in [9.17, 15) is 5.11 Å². The first kappa shape index (κ1) is 15.0. The Kier molecular flexibility index (Phi) is 4.01. The van der Waals surface area contributed by atoms with Crippen LogP contribution in [0.25, 0.3) is 0 Å². The van der Waals surface area contributed by atoms with Gasteiger partial charge in [-0.2, -0.15) is 0 Å². The van der Waals surface area contributed by atoms with Crippen LogP contribution in [0.5, 0.6) is 0 Å². The van der Waals surface area contributed by atoms with E-state index in [4.69, 9.17) is 0 Å². The molecular formula is C15H31NO. The van der Waals surface area contributed by atoms with Crippen molar-refractivity contribution in [2.45, 2.75) is 60.5 Å². The zero-order chi connectivity index (χ0) is 13.5. The molecule has 0 aliphatic carbocycles. The Morgan fingerprint density at radius 2 is 1.59 bits per heavy atom. The molecule has 2 nitrogen and oxygen atoms in total. The zero-order valence-electron chi connectivity index (χ0n) is 12.7. The number of β-amino-alcohol motifs (C(OH)–C–C–N with tert-alkyl or cyclic N) is 1. The van der Waals surface area contributed by atoms with Crippen LogP contribution in [0.15, 0.2) is 0 Å². The maximum Gasteiger partial charge on any atom is 0.0779 e. The summed E-state index contributed by atoms with van der Waals surface area (Å²) in [6.45, 7) is 17.4. The third kappa shape index (κ3) is 3.45. The fourth-order valence-corrected chi connectivity index (χ4v) is 3.78. The summed E-state index contributed by atoms with van der Waals surface area (Å²) in [7, 11) is 0. The van der Waals surface area contributed by atoms with Crippen LogP contribution in [-0.4, -0.2) is 23.8 Å². The zero-order valence-corrected chi connectivity index (χ0v) is 12.7. The lowest BCUT2D eigenvalue weighted by Crippen LogP contribution is -2.52. The molecule has 3 atom stereocenters. The predicted molar refractivity (Wildman–Crippen MR) is 74.0 cm³/mol. The number of aliphatic hydroxyl groups is 1. The van der Waals surface area contributed by atoms with Gasteiger partial charge < -0.3 is 10.4 Å². The Bertz CT molecular complexity index is 257. The van der Waals surface area contributed by atoms with Crippen molar-refractivity contribution in [2.24, 2.45) is 22.7 Å². The molecule has 102 valence electrons. The largest absolute Gasteiger partial charge is 0.389 e. The van der Waals surface area contributed by atoms with Crippen LogP contribution in [0.1, 0.15) is 54.9 Å². The molecule has 3 unspecified atom stereocenters. The molecule has 1 saturated heterocycles. The van der Waals surface area contributed by atoms with E-state index in [0.717, 1.165) is 13.0 Å². The molecule has 0 radical (unpaired) electrons. The minimum Gasteiger partial charge on any atom is -0.389 e. The van der Waals surface area contributed by atoms with E-state index in [1.165, 1.54) is 0 Å². The summed E-state index contributed by atoms with van der Waals surface area (Å²) in [5.41, 5.74) is -0.242. The summed E-state index contributed by atoms with van der Waals surface area (Å²) in [5, 5.41) is 14.2. The molecular weight excluding hydrogens is 210 g/mol. The predicted octanol–water partition coefficient (Wildman–Crippen LogP) is 3.06. The maximum atomic E-state index is 10.8. The normalized spacial score (nSPS) is 36.7. The number of hydrogen-bond acceptors (Lipinski definition) is 2. The molecule has 0 aromatic heterocycles. The molecule has 1 heterocycles. The molecule has 0 aromatic carbocycles. The minimum atomic E-state index is -0.618. The molecule has 17 heavy (non-hydrogen) atoms. The van der Waals surface area contributed by atoms with Crippen LogP contribution in [-0.2, 0) is 0 Å². The maximum absolute atomic E-state index is 10.8. The van der Waals surface area contributed by atoms with E-state index in [1.807, 2.05) is 6.92 Å². The smallest absolute Gasteiger partial charge is 0.0779 e. The summed E-state index contributed by atoms with van der Waals surface area (Å²) < 4.78 is 0. The van der Waals surface area contributed by atoms with Gasteiger partial charge >= 0.3 is 0 Å². The Labute approximate surface area is 107 Å². The first-order valence-electron chi connectivity index (χ1n) is 6.89. The van der Waals surface area contributed by atoms with Gasteiger partial charge in [0.15, 0.2) is 0 Å². The average molecular weight is 241 g/mol. The minimum absolute atomic E-state index is 0.132. The van der Waals surface area contributed by atoms with Gasteiger partial charge in [-0.1, -0.05) is 41.5 Å². The van der Waals surface area contributed by atoms with Crippen molar-refractivity contribution in [3.8, 4) is 0 Å². The Hall–Kier alpha value is -0.0800. The van der Waals surface area contributed by atoms with Gasteiger partial charge in [-0.05, 0) is 42.6 Å². The number of rotatable bonds is 0. The quantitative estimate of drug-likeness (QED) is 0.683. The second-order valence-electron chi connectivity index (χ2n) is 8.14. The standard InChI is InChI=1S/C15H31NO/c1-13(2,3)11-8-9-16-10-15(7,17)12(11)14(4,5)6/h11-12,16-17H,8-10H2,1-7H3. The van der Waals surface area contributed by atoms with Gasteiger partial charge in [0, 0.05) is 6.54 Å². The van der Waals surface area contributed by atoms with E-state index < -0.39 is 5.60 Å². The summed E-state index contributed by atoms with van der Waals surface area (Å²) in [5.74, 6) is 0.873. The van der Waals surface area contributed by atoms with Gasteiger partial charge in [-0.15, -0.1) is 0 Å². The summed E-state index contributed by atoms with van der Waals surface area (Å²) in [6, 6.07) is 0. The Morgan fingerprint density at radius 3 is 2.00 bits per heavy atom. The highest BCUT2D eigenvalue weighted by molar-refractivity contribution is 5.00. The molecule has 2 N–H and O–H groups in total. The van der Waals surface area contributed by atoms with Crippen molar-refractivity contribution in [3.63, 3.8) is 0 Å². The van der Waals surface area contributed by atoms with Crippen LogP contribution in [0, 0.1) is 22.7 Å². The van der Waals surface area contributed by atoms with Crippen LogP contribution in [0.2, 0.25) is 0 Å². The van der Waals surface area contributed by atoms with E-state index >= 15 is 0 Å². The topological polar surface area (TPSA) is 32.3 Å². The second-order valence-corrected chi connectivity index (χ2v) is 8.14.